The lowest BCUT2D eigenvalue weighted by Gasteiger charge is -2.25. The minimum absolute atomic E-state index is 0.00830. The van der Waals surface area contributed by atoms with Crippen molar-refractivity contribution >= 4 is 27.3 Å². The number of nitrogens with zero attached hydrogens (tertiary/aromatic N) is 2. The predicted octanol–water partition coefficient (Wildman–Crippen LogP) is 3.44. The zero-order valence-electron chi connectivity index (χ0n) is 18.8. The summed E-state index contributed by atoms with van der Waals surface area (Å²) in [5.41, 5.74) is 0.694. The van der Waals surface area contributed by atoms with E-state index in [0.717, 1.165) is 9.87 Å². The fourth-order valence-corrected chi connectivity index (χ4v) is 5.05. The summed E-state index contributed by atoms with van der Waals surface area (Å²) in [4.78, 5) is 23.4. The Labute approximate surface area is 202 Å². The van der Waals surface area contributed by atoms with E-state index in [1.54, 1.807) is 43.3 Å². The molecule has 35 heavy (non-hydrogen) atoms. The minimum Gasteiger partial charge on any atom is -0.486 e. The van der Waals surface area contributed by atoms with Gasteiger partial charge in [-0.1, -0.05) is 24.3 Å². The van der Waals surface area contributed by atoms with Crippen LogP contribution in [0.2, 0.25) is 0 Å². The molecule has 1 aliphatic heterocycles. The van der Waals surface area contributed by atoms with Gasteiger partial charge in [-0.3, -0.25) is 19.2 Å². The fraction of sp³-hybridized carbons (Fsp3) is 0.208. The number of amides is 1. The lowest BCUT2D eigenvalue weighted by Crippen LogP contribution is -2.41. The second-order valence-electron chi connectivity index (χ2n) is 7.79. The van der Waals surface area contributed by atoms with E-state index < -0.39 is 33.4 Å². The fourth-order valence-electron chi connectivity index (χ4n) is 3.61. The normalized spacial score (nSPS) is 13.5. The molecule has 0 radical (unpaired) electrons. The molecule has 1 N–H and O–H groups in total. The van der Waals surface area contributed by atoms with Crippen LogP contribution in [0.3, 0.4) is 0 Å². The van der Waals surface area contributed by atoms with Gasteiger partial charge in [0.05, 0.1) is 21.5 Å². The van der Waals surface area contributed by atoms with Crippen LogP contribution in [0, 0.1) is 10.1 Å². The number of benzene rings is 3. The zero-order chi connectivity index (χ0) is 25.0. The van der Waals surface area contributed by atoms with Gasteiger partial charge in [-0.25, -0.2) is 8.42 Å². The van der Waals surface area contributed by atoms with Gasteiger partial charge >= 0.3 is 0 Å². The van der Waals surface area contributed by atoms with Gasteiger partial charge in [0.15, 0.2) is 11.5 Å². The summed E-state index contributed by atoms with van der Waals surface area (Å²) in [6, 6.07) is 17.5. The molecule has 0 saturated heterocycles. The quantitative estimate of drug-likeness (QED) is 0.373. The summed E-state index contributed by atoms with van der Waals surface area (Å²) >= 11 is 0. The molecular formula is C24H23N3O7S. The van der Waals surface area contributed by atoms with Crippen LogP contribution in [0.5, 0.6) is 11.5 Å². The Hall–Kier alpha value is -4.12. The Morgan fingerprint density at radius 3 is 2.34 bits per heavy atom. The van der Waals surface area contributed by atoms with E-state index >= 15 is 0 Å². The second-order valence-corrected chi connectivity index (χ2v) is 9.65. The number of fused-ring (bicyclic) bond motifs is 1. The standard InChI is InChI=1S/C24H23N3O7S/c1-17(18-7-12-22-23(15-18)34-14-13-33-22)25-24(28)16-26(19-8-10-20(11-9-19)27(29)30)35(31,32)21-5-3-2-4-6-21/h2-12,15,17H,13-14,16H2,1H3,(H,25,28)/t17-/m0/s1. The number of ether oxygens (including phenoxy) is 2. The largest absolute Gasteiger partial charge is 0.486 e. The third-order valence-corrected chi connectivity index (χ3v) is 7.20. The number of carbonyl (C=O) groups excluding carboxylic acids is 1. The third kappa shape index (κ3) is 5.35. The van der Waals surface area contributed by atoms with Gasteiger partial charge < -0.3 is 14.8 Å². The SMILES string of the molecule is C[C@H](NC(=O)CN(c1ccc([N+](=O)[O-])cc1)S(=O)(=O)c1ccccc1)c1ccc2c(c1)OCCO2. The molecule has 1 aliphatic rings. The summed E-state index contributed by atoms with van der Waals surface area (Å²) < 4.78 is 38.8. The van der Waals surface area contributed by atoms with Gasteiger partial charge in [0.1, 0.15) is 19.8 Å². The molecule has 0 spiro atoms. The third-order valence-electron chi connectivity index (χ3n) is 5.41. The molecule has 182 valence electrons. The van der Waals surface area contributed by atoms with E-state index in [0.29, 0.717) is 24.7 Å². The Kier molecular flexibility index (Phi) is 6.87. The van der Waals surface area contributed by atoms with Crippen LogP contribution in [-0.4, -0.2) is 39.0 Å². The molecular weight excluding hydrogens is 474 g/mol. The Morgan fingerprint density at radius 1 is 1.03 bits per heavy atom. The zero-order valence-corrected chi connectivity index (χ0v) is 19.6. The molecule has 1 heterocycles. The summed E-state index contributed by atoms with van der Waals surface area (Å²) in [5, 5.41) is 13.8. The molecule has 11 heteroatoms. The Morgan fingerprint density at radius 2 is 1.69 bits per heavy atom. The van der Waals surface area contributed by atoms with Crippen LogP contribution in [0.1, 0.15) is 18.5 Å². The maximum atomic E-state index is 13.4. The number of non-ortho nitro benzene ring substituents is 1. The first-order chi connectivity index (χ1) is 16.8. The molecule has 0 aromatic heterocycles. The highest BCUT2D eigenvalue weighted by Gasteiger charge is 2.28. The number of nitrogens with one attached hydrogen (secondary N) is 1. The van der Waals surface area contributed by atoms with Gasteiger partial charge in [-0.15, -0.1) is 0 Å². The molecule has 0 fully saturated rings. The van der Waals surface area contributed by atoms with Crippen LogP contribution in [0.15, 0.2) is 77.7 Å². The molecule has 0 aliphatic carbocycles. The van der Waals surface area contributed by atoms with Crippen LogP contribution in [0.25, 0.3) is 0 Å². The van der Waals surface area contributed by atoms with E-state index in [1.807, 2.05) is 0 Å². The molecule has 1 amide bonds. The minimum atomic E-state index is -4.13. The molecule has 0 saturated carbocycles. The molecule has 3 aromatic carbocycles. The number of hydrogen-bond acceptors (Lipinski definition) is 7. The van der Waals surface area contributed by atoms with E-state index in [2.05, 4.69) is 5.32 Å². The number of sulfonamides is 1. The van der Waals surface area contributed by atoms with Gasteiger partial charge in [0.2, 0.25) is 5.91 Å². The molecule has 0 unspecified atom stereocenters. The highest BCUT2D eigenvalue weighted by Crippen LogP contribution is 2.32. The monoisotopic (exact) mass is 497 g/mol. The number of nitro benzene ring substituents is 1. The number of hydrogen-bond donors (Lipinski definition) is 1. The molecule has 4 rings (SSSR count). The van der Waals surface area contributed by atoms with E-state index in [4.69, 9.17) is 9.47 Å². The molecule has 1 atom stereocenters. The van der Waals surface area contributed by atoms with Crippen molar-refractivity contribution in [2.24, 2.45) is 0 Å². The first-order valence-electron chi connectivity index (χ1n) is 10.8. The van der Waals surface area contributed by atoms with Crippen LogP contribution in [-0.2, 0) is 14.8 Å². The Balaban J connectivity index is 1.58. The van der Waals surface area contributed by atoms with Crippen molar-refractivity contribution in [3.05, 3.63) is 88.5 Å². The Bertz CT molecular complexity index is 1330. The number of nitro groups is 1. The average molecular weight is 498 g/mol. The van der Waals surface area contributed by atoms with Crippen LogP contribution >= 0.6 is 0 Å². The topological polar surface area (TPSA) is 128 Å². The second kappa shape index (κ2) is 10.0. The number of anilines is 1. The van der Waals surface area contributed by atoms with E-state index in [-0.39, 0.29) is 16.3 Å². The van der Waals surface area contributed by atoms with Crippen molar-refractivity contribution in [3.8, 4) is 11.5 Å². The van der Waals surface area contributed by atoms with E-state index in [1.165, 1.54) is 36.4 Å². The van der Waals surface area contributed by atoms with Gasteiger partial charge in [0, 0.05) is 12.1 Å². The molecule has 10 nitrogen and oxygen atoms in total. The summed E-state index contributed by atoms with van der Waals surface area (Å²) in [6.07, 6.45) is 0. The van der Waals surface area contributed by atoms with Crippen molar-refractivity contribution < 1.29 is 27.6 Å². The van der Waals surface area contributed by atoms with Gasteiger partial charge in [-0.05, 0) is 48.9 Å². The summed E-state index contributed by atoms with van der Waals surface area (Å²) in [5.74, 6) is 0.649. The van der Waals surface area contributed by atoms with Crippen LogP contribution < -0.4 is 19.1 Å². The maximum Gasteiger partial charge on any atom is 0.269 e. The van der Waals surface area contributed by atoms with Crippen molar-refractivity contribution in [3.63, 3.8) is 0 Å². The van der Waals surface area contributed by atoms with Crippen molar-refractivity contribution in [1.82, 2.24) is 5.32 Å². The summed E-state index contributed by atoms with van der Waals surface area (Å²) in [7, 11) is -4.13. The first kappa shape index (κ1) is 24.0. The smallest absolute Gasteiger partial charge is 0.269 e. The predicted molar refractivity (Wildman–Crippen MR) is 128 cm³/mol. The maximum absolute atomic E-state index is 13.4. The van der Waals surface area contributed by atoms with Gasteiger partial charge in [0.25, 0.3) is 15.7 Å². The number of carbonyl (C=O) groups is 1. The highest BCUT2D eigenvalue weighted by molar-refractivity contribution is 7.92. The average Bonchev–Trinajstić information content (AvgIpc) is 2.87. The lowest BCUT2D eigenvalue weighted by atomic mass is 10.1. The van der Waals surface area contributed by atoms with Gasteiger partial charge in [-0.2, -0.15) is 0 Å². The summed E-state index contributed by atoms with van der Waals surface area (Å²) in [6.45, 7) is 2.14. The van der Waals surface area contributed by atoms with Crippen molar-refractivity contribution in [2.75, 3.05) is 24.1 Å². The first-order valence-corrected chi connectivity index (χ1v) is 12.2. The molecule has 3 aromatic rings. The number of rotatable bonds is 8. The van der Waals surface area contributed by atoms with Crippen LogP contribution in [0.4, 0.5) is 11.4 Å². The lowest BCUT2D eigenvalue weighted by molar-refractivity contribution is -0.384. The van der Waals surface area contributed by atoms with E-state index in [9.17, 15) is 23.3 Å². The molecule has 0 bridgehead atoms. The van der Waals surface area contributed by atoms with Crippen molar-refractivity contribution in [2.45, 2.75) is 17.9 Å². The van der Waals surface area contributed by atoms with Crippen molar-refractivity contribution in [1.29, 1.82) is 0 Å². The highest BCUT2D eigenvalue weighted by atomic mass is 32.2.